The second-order valence-corrected chi connectivity index (χ2v) is 8.24. The van der Waals surface area contributed by atoms with Gasteiger partial charge in [0.1, 0.15) is 11.6 Å². The molecule has 0 amide bonds. The Morgan fingerprint density at radius 3 is 2.61 bits per heavy atom. The molecular weight excluding hydrogens is 374 g/mol. The van der Waals surface area contributed by atoms with E-state index < -0.39 is 0 Å². The van der Waals surface area contributed by atoms with E-state index in [-0.39, 0.29) is 11.0 Å². The van der Waals surface area contributed by atoms with Gasteiger partial charge in [0.25, 0.3) is 5.56 Å². The topological polar surface area (TPSA) is 62.1 Å². The molecule has 0 unspecified atom stereocenters. The van der Waals surface area contributed by atoms with Gasteiger partial charge >= 0.3 is 0 Å². The molecular formula is C22H22ClN3O2. The lowest BCUT2D eigenvalue weighted by Gasteiger charge is -2.39. The van der Waals surface area contributed by atoms with Crippen molar-refractivity contribution in [1.82, 2.24) is 14.9 Å². The molecule has 6 heteroatoms. The molecule has 1 N–H and O–H groups in total. The van der Waals surface area contributed by atoms with Gasteiger partial charge in [-0.1, -0.05) is 30.3 Å². The molecule has 144 valence electrons. The van der Waals surface area contributed by atoms with Crippen molar-refractivity contribution in [2.75, 3.05) is 13.1 Å². The number of H-pyrrole nitrogens is 1. The lowest BCUT2D eigenvalue weighted by molar-refractivity contribution is 0.142. The Bertz CT molecular complexity index is 1050. The normalized spacial score (nSPS) is 18.5. The molecule has 1 aliphatic heterocycles. The number of rotatable bonds is 3. The van der Waals surface area contributed by atoms with Crippen molar-refractivity contribution in [2.45, 2.75) is 37.6 Å². The lowest BCUT2D eigenvalue weighted by Crippen LogP contribution is -2.41. The summed E-state index contributed by atoms with van der Waals surface area (Å²) in [4.78, 5) is 23.1. The molecule has 1 saturated heterocycles. The summed E-state index contributed by atoms with van der Waals surface area (Å²) in [6, 6.07) is 13.6. The minimum atomic E-state index is 0.0183. The number of likely N-dealkylation sites (tertiary alicyclic amines) is 1. The molecule has 0 atom stereocenters. The second-order valence-electron chi connectivity index (χ2n) is 7.87. The van der Waals surface area contributed by atoms with Crippen LogP contribution < -0.4 is 5.56 Å². The number of aromatic nitrogens is 2. The number of piperidine rings is 1. The third-order valence-corrected chi connectivity index (χ3v) is 6.44. The van der Waals surface area contributed by atoms with Crippen LogP contribution in [0.4, 0.5) is 0 Å². The van der Waals surface area contributed by atoms with Crippen LogP contribution in [0, 0.1) is 0 Å². The summed E-state index contributed by atoms with van der Waals surface area (Å²) in [6.07, 6.45) is 3.86. The largest absolute Gasteiger partial charge is 0.448 e. The summed E-state index contributed by atoms with van der Waals surface area (Å²) in [5.74, 6) is 1.58. The molecule has 5 nitrogen and oxygen atoms in total. The van der Waals surface area contributed by atoms with Crippen LogP contribution >= 0.6 is 11.6 Å². The first-order chi connectivity index (χ1) is 13.6. The highest BCUT2D eigenvalue weighted by Gasteiger charge is 2.44. The van der Waals surface area contributed by atoms with Crippen molar-refractivity contribution in [3.05, 3.63) is 75.1 Å². The van der Waals surface area contributed by atoms with Gasteiger partial charge in [-0.15, -0.1) is 0 Å². The molecule has 1 aromatic carbocycles. The molecule has 2 aromatic heterocycles. The van der Waals surface area contributed by atoms with Crippen LogP contribution in [0.3, 0.4) is 0 Å². The van der Waals surface area contributed by atoms with Crippen LogP contribution in [-0.4, -0.2) is 28.0 Å². The molecule has 0 bridgehead atoms. The number of hydrogen-bond acceptors (Lipinski definition) is 4. The van der Waals surface area contributed by atoms with Crippen LogP contribution in [0.1, 0.15) is 36.3 Å². The molecule has 5 rings (SSSR count). The third kappa shape index (κ3) is 3.09. The predicted molar refractivity (Wildman–Crippen MR) is 109 cm³/mol. The minimum Gasteiger partial charge on any atom is -0.448 e. The highest BCUT2D eigenvalue weighted by molar-refractivity contribution is 6.28. The molecule has 1 aliphatic carbocycles. The molecule has 3 heterocycles. The molecule has 2 aliphatic rings. The molecule has 1 fully saturated rings. The van der Waals surface area contributed by atoms with Crippen molar-refractivity contribution in [3.8, 4) is 11.4 Å². The number of fused-ring (bicyclic) bond motifs is 2. The maximum atomic E-state index is 12.7. The minimum absolute atomic E-state index is 0.0183. The van der Waals surface area contributed by atoms with Gasteiger partial charge in [0, 0.05) is 16.5 Å². The van der Waals surface area contributed by atoms with Gasteiger partial charge in [0.15, 0.2) is 5.22 Å². The van der Waals surface area contributed by atoms with E-state index in [1.165, 1.54) is 0 Å². The van der Waals surface area contributed by atoms with Crippen LogP contribution in [-0.2, 0) is 18.4 Å². The summed E-state index contributed by atoms with van der Waals surface area (Å²) < 4.78 is 5.51. The fourth-order valence-corrected chi connectivity index (χ4v) is 4.83. The number of aromatic amines is 1. The van der Waals surface area contributed by atoms with E-state index in [2.05, 4.69) is 9.88 Å². The fourth-order valence-electron chi connectivity index (χ4n) is 4.67. The first-order valence-electron chi connectivity index (χ1n) is 9.79. The summed E-state index contributed by atoms with van der Waals surface area (Å²) in [5, 5.41) is 0.435. The van der Waals surface area contributed by atoms with E-state index in [1.54, 1.807) is 6.07 Å². The van der Waals surface area contributed by atoms with E-state index in [4.69, 9.17) is 21.0 Å². The Kier molecular flexibility index (Phi) is 4.37. The molecule has 3 aromatic rings. The van der Waals surface area contributed by atoms with Gasteiger partial charge in [0.2, 0.25) is 0 Å². The number of benzene rings is 1. The van der Waals surface area contributed by atoms with Crippen molar-refractivity contribution >= 4 is 11.6 Å². The number of hydrogen-bond donors (Lipinski definition) is 1. The monoisotopic (exact) mass is 395 g/mol. The average Bonchev–Trinajstić information content (AvgIpc) is 3.29. The molecule has 0 saturated carbocycles. The zero-order valence-electron chi connectivity index (χ0n) is 15.6. The van der Waals surface area contributed by atoms with Gasteiger partial charge in [-0.3, -0.25) is 9.69 Å². The van der Waals surface area contributed by atoms with E-state index in [9.17, 15) is 4.79 Å². The molecule has 28 heavy (non-hydrogen) atoms. The maximum absolute atomic E-state index is 12.7. The van der Waals surface area contributed by atoms with Crippen molar-refractivity contribution < 1.29 is 4.42 Å². The summed E-state index contributed by atoms with van der Waals surface area (Å²) >= 11 is 5.89. The van der Waals surface area contributed by atoms with Crippen molar-refractivity contribution in [1.29, 1.82) is 0 Å². The predicted octanol–water partition coefficient (Wildman–Crippen LogP) is 4.16. The number of nitrogens with zero attached hydrogens (tertiary/aromatic N) is 2. The summed E-state index contributed by atoms with van der Waals surface area (Å²) in [7, 11) is 0. The quantitative estimate of drug-likeness (QED) is 0.723. The van der Waals surface area contributed by atoms with Gasteiger partial charge in [-0.2, -0.15) is 0 Å². The van der Waals surface area contributed by atoms with E-state index in [0.717, 1.165) is 67.9 Å². The van der Waals surface area contributed by atoms with E-state index >= 15 is 0 Å². The molecule has 1 spiro atoms. The average molecular weight is 396 g/mol. The van der Waals surface area contributed by atoms with Crippen molar-refractivity contribution in [3.63, 3.8) is 0 Å². The fraction of sp³-hybridized carbons (Fsp3) is 0.364. The summed E-state index contributed by atoms with van der Waals surface area (Å²) in [5.41, 5.74) is 2.90. The van der Waals surface area contributed by atoms with Gasteiger partial charge in [-0.25, -0.2) is 4.98 Å². The highest BCUT2D eigenvalue weighted by atomic mass is 35.5. The van der Waals surface area contributed by atoms with E-state index in [0.29, 0.717) is 11.0 Å². The van der Waals surface area contributed by atoms with Crippen LogP contribution in [0.15, 0.2) is 51.7 Å². The van der Waals surface area contributed by atoms with Crippen molar-refractivity contribution in [2.24, 2.45) is 0 Å². The first kappa shape index (κ1) is 17.7. The Hall–Kier alpha value is -2.37. The zero-order chi connectivity index (χ0) is 19.1. The van der Waals surface area contributed by atoms with Gasteiger partial charge < -0.3 is 9.40 Å². The Morgan fingerprint density at radius 2 is 1.89 bits per heavy atom. The Balaban J connectivity index is 1.40. The van der Waals surface area contributed by atoms with Gasteiger partial charge in [-0.05, 0) is 62.5 Å². The first-order valence-corrected chi connectivity index (χ1v) is 10.2. The SMILES string of the molecule is O=c1[nH]c(-c2ccccc2)nc2c1CCC21CCN(Cc2ccc(Cl)o2)CC1. The number of halogens is 1. The smallest absolute Gasteiger partial charge is 0.254 e. The van der Waals surface area contributed by atoms with Crippen LogP contribution in [0.2, 0.25) is 5.22 Å². The number of nitrogens with one attached hydrogen (secondary N) is 1. The lowest BCUT2D eigenvalue weighted by atomic mass is 9.76. The second kappa shape index (κ2) is 6.90. The maximum Gasteiger partial charge on any atom is 0.254 e. The molecule has 0 radical (unpaired) electrons. The standard InChI is InChI=1S/C22H22ClN3O2/c23-18-7-6-16(28-18)14-26-12-10-22(11-13-26)9-8-17-19(22)24-20(25-21(17)27)15-4-2-1-3-5-15/h1-7H,8-14H2,(H,24,25,27). The third-order valence-electron chi connectivity index (χ3n) is 6.24. The Morgan fingerprint density at radius 1 is 1.11 bits per heavy atom. The van der Waals surface area contributed by atoms with Gasteiger partial charge in [0.05, 0.1) is 12.2 Å². The zero-order valence-corrected chi connectivity index (χ0v) is 16.3. The number of furan rings is 1. The van der Waals surface area contributed by atoms with Crippen LogP contribution in [0.5, 0.6) is 0 Å². The Labute approximate surface area is 168 Å². The highest BCUT2D eigenvalue weighted by Crippen LogP contribution is 2.44. The van der Waals surface area contributed by atoms with Crippen LogP contribution in [0.25, 0.3) is 11.4 Å². The van der Waals surface area contributed by atoms with E-state index in [1.807, 2.05) is 36.4 Å². The summed E-state index contributed by atoms with van der Waals surface area (Å²) in [6.45, 7) is 2.70.